The molecule has 4 heteroatoms. The summed E-state index contributed by atoms with van der Waals surface area (Å²) in [5, 5.41) is 9.51. The third-order valence-corrected chi connectivity index (χ3v) is 5.82. The average Bonchev–Trinajstić information content (AvgIpc) is 2.79. The second kappa shape index (κ2) is 6.08. The summed E-state index contributed by atoms with van der Waals surface area (Å²) in [6, 6.07) is 15.3. The van der Waals surface area contributed by atoms with Crippen LogP contribution in [0.3, 0.4) is 0 Å². The van der Waals surface area contributed by atoms with Crippen LogP contribution in [0.1, 0.15) is 16.8 Å². The van der Waals surface area contributed by atoms with E-state index in [1.807, 2.05) is 12.1 Å². The Kier molecular flexibility index (Phi) is 3.72. The lowest BCUT2D eigenvalue weighted by atomic mass is 9.98. The monoisotopic (exact) mass is 351 g/mol. The van der Waals surface area contributed by atoms with Crippen molar-refractivity contribution in [1.82, 2.24) is 9.88 Å². The Balaban J connectivity index is 1.54. The van der Waals surface area contributed by atoms with Crippen LogP contribution in [0.2, 0.25) is 5.02 Å². The molecule has 25 heavy (non-hydrogen) atoms. The van der Waals surface area contributed by atoms with E-state index in [2.05, 4.69) is 45.5 Å². The Morgan fingerprint density at radius 2 is 1.88 bits per heavy atom. The summed E-state index contributed by atoms with van der Waals surface area (Å²) in [4.78, 5) is 0. The molecule has 0 bridgehead atoms. The van der Waals surface area contributed by atoms with Crippen LogP contribution in [0.4, 0.5) is 5.69 Å². The van der Waals surface area contributed by atoms with Crippen LogP contribution in [-0.2, 0) is 25.8 Å². The maximum Gasteiger partial charge on any atom is 0.0519 e. The van der Waals surface area contributed by atoms with Crippen LogP contribution in [0, 0.1) is 0 Å². The molecule has 0 radical (unpaired) electrons. The third kappa shape index (κ3) is 2.62. The minimum Gasteiger partial charge on any atom is -0.380 e. The quantitative estimate of drug-likeness (QED) is 0.730. The minimum absolute atomic E-state index is 0.409. The van der Waals surface area contributed by atoms with Crippen LogP contribution >= 0.6 is 11.6 Å². The van der Waals surface area contributed by atoms with Gasteiger partial charge in [0.1, 0.15) is 0 Å². The van der Waals surface area contributed by atoms with Gasteiger partial charge in [-0.2, -0.15) is 0 Å². The Morgan fingerprint density at radius 3 is 2.76 bits per heavy atom. The van der Waals surface area contributed by atoms with Gasteiger partial charge < -0.3 is 15.2 Å². The number of halogens is 1. The molecule has 2 aliphatic heterocycles. The lowest BCUT2D eigenvalue weighted by molar-refractivity contribution is 0.553. The van der Waals surface area contributed by atoms with Gasteiger partial charge in [-0.15, -0.1) is 0 Å². The molecule has 0 spiro atoms. The van der Waals surface area contributed by atoms with Gasteiger partial charge in [0, 0.05) is 47.3 Å². The summed E-state index contributed by atoms with van der Waals surface area (Å²) in [5.41, 5.74) is 7.19. The number of anilines is 1. The van der Waals surface area contributed by atoms with E-state index in [1.165, 1.54) is 22.2 Å². The first-order valence-corrected chi connectivity index (χ1v) is 9.52. The van der Waals surface area contributed by atoms with Gasteiger partial charge in [-0.1, -0.05) is 29.8 Å². The summed E-state index contributed by atoms with van der Waals surface area (Å²) < 4.78 is 2.59. The molecule has 2 aliphatic rings. The van der Waals surface area contributed by atoms with Gasteiger partial charge >= 0.3 is 0 Å². The number of nitrogens with zero attached hydrogens (tertiary/aromatic N) is 1. The molecule has 3 heterocycles. The Bertz CT molecular complexity index is 926. The van der Waals surface area contributed by atoms with Gasteiger partial charge in [-0.3, -0.25) is 0 Å². The number of benzene rings is 2. The van der Waals surface area contributed by atoms with E-state index in [4.69, 9.17) is 11.6 Å². The first-order valence-electron chi connectivity index (χ1n) is 9.14. The first kappa shape index (κ1) is 15.3. The summed E-state index contributed by atoms with van der Waals surface area (Å²) in [6.45, 7) is 3.20. The fourth-order valence-electron chi connectivity index (χ4n) is 4.51. The van der Waals surface area contributed by atoms with Gasteiger partial charge in [-0.25, -0.2) is 0 Å². The molecule has 0 saturated heterocycles. The highest BCUT2D eigenvalue weighted by molar-refractivity contribution is 6.30. The van der Waals surface area contributed by atoms with E-state index < -0.39 is 0 Å². The van der Waals surface area contributed by atoms with E-state index >= 15 is 0 Å². The van der Waals surface area contributed by atoms with Crippen molar-refractivity contribution in [2.24, 2.45) is 0 Å². The van der Waals surface area contributed by atoms with E-state index in [9.17, 15) is 0 Å². The van der Waals surface area contributed by atoms with Crippen molar-refractivity contribution in [1.29, 1.82) is 0 Å². The summed E-state index contributed by atoms with van der Waals surface area (Å²) >= 11 is 6.02. The Morgan fingerprint density at radius 1 is 1.04 bits per heavy atom. The molecule has 2 aromatic carbocycles. The number of rotatable bonds is 2. The number of hydrogen-bond donors (Lipinski definition) is 2. The van der Waals surface area contributed by atoms with Crippen LogP contribution < -0.4 is 10.6 Å². The number of aromatic nitrogens is 1. The predicted octanol–water partition coefficient (Wildman–Crippen LogP) is 4.02. The molecule has 1 aromatic heterocycles. The van der Waals surface area contributed by atoms with Crippen molar-refractivity contribution in [3.63, 3.8) is 0 Å². The second-order valence-corrected chi connectivity index (χ2v) is 7.59. The zero-order valence-corrected chi connectivity index (χ0v) is 14.9. The lowest BCUT2D eigenvalue weighted by Gasteiger charge is -2.28. The van der Waals surface area contributed by atoms with E-state index in [1.54, 1.807) is 5.56 Å². The van der Waals surface area contributed by atoms with Crippen molar-refractivity contribution in [2.75, 3.05) is 18.4 Å². The summed E-state index contributed by atoms with van der Waals surface area (Å²) in [6.07, 6.45) is 3.33. The Hall–Kier alpha value is -1.97. The number of hydrogen-bond acceptors (Lipinski definition) is 2. The molecule has 0 aliphatic carbocycles. The largest absolute Gasteiger partial charge is 0.380 e. The number of para-hydroxylation sites is 1. The van der Waals surface area contributed by atoms with Crippen molar-refractivity contribution in [2.45, 2.75) is 31.8 Å². The van der Waals surface area contributed by atoms with Gasteiger partial charge in [0.05, 0.1) is 5.52 Å². The topological polar surface area (TPSA) is 29.0 Å². The highest BCUT2D eigenvalue weighted by Gasteiger charge is 2.26. The van der Waals surface area contributed by atoms with Gasteiger partial charge in [0.15, 0.2) is 0 Å². The molecule has 1 atom stereocenters. The molecule has 0 fully saturated rings. The third-order valence-electron chi connectivity index (χ3n) is 5.56. The minimum atomic E-state index is 0.409. The van der Waals surface area contributed by atoms with Gasteiger partial charge in [0.25, 0.3) is 0 Å². The molecule has 3 aromatic rings. The second-order valence-electron chi connectivity index (χ2n) is 7.15. The van der Waals surface area contributed by atoms with Gasteiger partial charge in [0.2, 0.25) is 0 Å². The molecular formula is C21H22ClN3. The smallest absolute Gasteiger partial charge is 0.0519 e. The maximum atomic E-state index is 6.02. The normalized spacial score (nSPS) is 19.5. The van der Waals surface area contributed by atoms with Crippen LogP contribution in [0.15, 0.2) is 42.5 Å². The molecule has 3 nitrogen and oxygen atoms in total. The predicted molar refractivity (Wildman–Crippen MR) is 105 cm³/mol. The molecule has 128 valence electrons. The fraction of sp³-hybridized carbons (Fsp3) is 0.333. The molecule has 1 unspecified atom stereocenters. The van der Waals surface area contributed by atoms with Crippen molar-refractivity contribution in [3.8, 4) is 0 Å². The maximum absolute atomic E-state index is 6.02. The molecular weight excluding hydrogens is 330 g/mol. The van der Waals surface area contributed by atoms with Crippen LogP contribution in [0.5, 0.6) is 0 Å². The van der Waals surface area contributed by atoms with Crippen LogP contribution in [0.25, 0.3) is 10.9 Å². The average molecular weight is 352 g/mol. The van der Waals surface area contributed by atoms with Crippen molar-refractivity contribution in [3.05, 3.63) is 64.3 Å². The van der Waals surface area contributed by atoms with E-state index in [0.717, 1.165) is 49.6 Å². The van der Waals surface area contributed by atoms with E-state index in [-0.39, 0.29) is 0 Å². The number of nitrogens with one attached hydrogen (secondary N) is 2. The zero-order chi connectivity index (χ0) is 16.8. The summed E-state index contributed by atoms with van der Waals surface area (Å²) in [5.74, 6) is 0. The first-order chi connectivity index (χ1) is 12.3. The highest BCUT2D eigenvalue weighted by atomic mass is 35.5. The van der Waals surface area contributed by atoms with Gasteiger partial charge in [-0.05, 0) is 54.8 Å². The molecule has 2 N–H and O–H groups in total. The molecule has 0 saturated carbocycles. The summed E-state index contributed by atoms with van der Waals surface area (Å²) in [7, 11) is 0. The number of fused-ring (bicyclic) bond motifs is 3. The van der Waals surface area contributed by atoms with E-state index in [0.29, 0.717) is 6.04 Å². The highest BCUT2D eigenvalue weighted by Crippen LogP contribution is 2.34. The SMILES string of the molecule is Clc1ccc(NC2Cc3cccc4c5c(n(c34)C2)CCNCC5)cc1. The van der Waals surface area contributed by atoms with Crippen molar-refractivity contribution < 1.29 is 0 Å². The van der Waals surface area contributed by atoms with Crippen LogP contribution in [-0.4, -0.2) is 23.7 Å². The molecule has 5 rings (SSSR count). The van der Waals surface area contributed by atoms with Crippen molar-refractivity contribution >= 4 is 28.2 Å². The molecule has 0 amide bonds. The fourth-order valence-corrected chi connectivity index (χ4v) is 4.64. The lowest BCUT2D eigenvalue weighted by Crippen LogP contribution is -2.32. The zero-order valence-electron chi connectivity index (χ0n) is 14.2. The standard InChI is InChI=1S/C21H22ClN3/c22-15-4-6-16(7-5-15)24-17-12-14-2-1-3-19-18-8-10-23-11-9-20(18)25(13-17)21(14)19/h1-7,17,23-24H,8-13H2. The Labute approximate surface area is 153 Å².